The quantitative estimate of drug-likeness (QED) is 0.802. The number of sulfonamides is 1. The zero-order valence-electron chi connectivity index (χ0n) is 13.1. The molecular formula is C13H22ClN3O4S2. The average molecular weight is 384 g/mol. The van der Waals surface area contributed by atoms with Crippen LogP contribution in [0.5, 0.6) is 0 Å². The van der Waals surface area contributed by atoms with Crippen LogP contribution in [0.4, 0.5) is 0 Å². The molecule has 1 unspecified atom stereocenters. The van der Waals surface area contributed by atoms with E-state index in [1.165, 1.54) is 16.4 Å². The van der Waals surface area contributed by atoms with Gasteiger partial charge in [-0.2, -0.15) is 4.31 Å². The Kier molecular flexibility index (Phi) is 6.96. The molecule has 0 amide bonds. The molecule has 1 aliphatic heterocycles. The molecule has 1 atom stereocenters. The highest BCUT2D eigenvalue weighted by molar-refractivity contribution is 7.90. The first-order valence-corrected chi connectivity index (χ1v) is 10.5. The lowest BCUT2D eigenvalue weighted by Crippen LogP contribution is -2.53. The van der Waals surface area contributed by atoms with Gasteiger partial charge in [-0.15, -0.1) is 12.4 Å². The summed E-state index contributed by atoms with van der Waals surface area (Å²) in [5, 5.41) is 3.07. The average Bonchev–Trinajstić information content (AvgIpc) is 2.47. The summed E-state index contributed by atoms with van der Waals surface area (Å²) in [4.78, 5) is 3.80. The number of nitrogens with one attached hydrogen (secondary N) is 1. The lowest BCUT2D eigenvalue weighted by atomic mass is 10.1. The van der Waals surface area contributed by atoms with E-state index in [1.807, 2.05) is 6.92 Å². The second kappa shape index (κ2) is 7.89. The first-order chi connectivity index (χ1) is 10.3. The monoisotopic (exact) mass is 383 g/mol. The van der Waals surface area contributed by atoms with Crippen LogP contribution in [0.15, 0.2) is 28.3 Å². The SMILES string of the molecule is CCCC1CNCCN1S(=O)(=O)c1ccc(S(C)(=O)=O)nc1.Cl. The minimum atomic E-state index is -3.66. The molecule has 10 heteroatoms. The zero-order chi connectivity index (χ0) is 16.4. The molecule has 2 heterocycles. The lowest BCUT2D eigenvalue weighted by molar-refractivity contribution is 0.254. The van der Waals surface area contributed by atoms with Crippen molar-refractivity contribution in [3.8, 4) is 0 Å². The summed E-state index contributed by atoms with van der Waals surface area (Å²) in [6, 6.07) is 2.46. The van der Waals surface area contributed by atoms with Gasteiger partial charge < -0.3 is 5.32 Å². The van der Waals surface area contributed by atoms with Crippen LogP contribution in [0.1, 0.15) is 19.8 Å². The number of nitrogens with zero attached hydrogens (tertiary/aromatic N) is 2. The summed E-state index contributed by atoms with van der Waals surface area (Å²) in [7, 11) is -7.10. The van der Waals surface area contributed by atoms with Gasteiger partial charge in [-0.05, 0) is 18.6 Å². The van der Waals surface area contributed by atoms with Gasteiger partial charge in [0.25, 0.3) is 0 Å². The van der Waals surface area contributed by atoms with Gasteiger partial charge in [0.1, 0.15) is 4.90 Å². The van der Waals surface area contributed by atoms with Crippen LogP contribution in [0, 0.1) is 0 Å². The predicted octanol–water partition coefficient (Wildman–Crippen LogP) is 0.669. The maximum absolute atomic E-state index is 12.7. The number of sulfone groups is 1. The lowest BCUT2D eigenvalue weighted by Gasteiger charge is -2.35. The number of pyridine rings is 1. The van der Waals surface area contributed by atoms with Crippen molar-refractivity contribution < 1.29 is 16.8 Å². The molecule has 1 fully saturated rings. The van der Waals surface area contributed by atoms with Crippen LogP contribution in [0.25, 0.3) is 0 Å². The van der Waals surface area contributed by atoms with E-state index in [4.69, 9.17) is 0 Å². The van der Waals surface area contributed by atoms with Gasteiger partial charge in [0.2, 0.25) is 10.0 Å². The van der Waals surface area contributed by atoms with Gasteiger partial charge in [0, 0.05) is 38.1 Å². The topological polar surface area (TPSA) is 96.4 Å². The first kappa shape index (κ1) is 20.3. The Morgan fingerprint density at radius 2 is 2.00 bits per heavy atom. The van der Waals surface area contributed by atoms with Gasteiger partial charge in [0.15, 0.2) is 14.9 Å². The van der Waals surface area contributed by atoms with E-state index in [1.54, 1.807) is 0 Å². The van der Waals surface area contributed by atoms with E-state index in [0.717, 1.165) is 25.3 Å². The standard InChI is InChI=1S/C13H21N3O4S2.ClH/c1-3-4-11-9-14-7-8-16(11)22(19,20)12-5-6-13(15-10-12)21(2,17)18;/h5-6,10-11,14H,3-4,7-9H2,1-2H3;1H. The Hall–Kier alpha value is -0.740. The van der Waals surface area contributed by atoms with Crippen LogP contribution in [-0.4, -0.2) is 58.1 Å². The number of piperazine rings is 1. The molecule has 132 valence electrons. The van der Waals surface area contributed by atoms with Crippen LogP contribution in [0.2, 0.25) is 0 Å². The molecule has 0 saturated carbocycles. The van der Waals surface area contributed by atoms with Crippen LogP contribution >= 0.6 is 12.4 Å². The van der Waals surface area contributed by atoms with Crippen LogP contribution in [0.3, 0.4) is 0 Å². The van der Waals surface area contributed by atoms with Gasteiger partial charge in [-0.3, -0.25) is 0 Å². The normalized spacial score (nSPS) is 20.0. The minimum Gasteiger partial charge on any atom is -0.314 e. The number of rotatable bonds is 5. The fourth-order valence-corrected chi connectivity index (χ4v) is 4.67. The molecule has 0 aliphatic carbocycles. The second-order valence-corrected chi connectivity index (χ2v) is 9.22. The molecule has 1 saturated heterocycles. The number of hydrogen-bond donors (Lipinski definition) is 1. The predicted molar refractivity (Wildman–Crippen MR) is 90.1 cm³/mol. The van der Waals surface area contributed by atoms with E-state index in [0.29, 0.717) is 19.6 Å². The molecule has 1 aliphatic rings. The van der Waals surface area contributed by atoms with Crippen molar-refractivity contribution in [1.82, 2.24) is 14.6 Å². The highest BCUT2D eigenvalue weighted by Crippen LogP contribution is 2.21. The Morgan fingerprint density at radius 1 is 1.30 bits per heavy atom. The maximum Gasteiger partial charge on any atom is 0.244 e. The highest BCUT2D eigenvalue weighted by atomic mass is 35.5. The van der Waals surface area contributed by atoms with Gasteiger partial charge >= 0.3 is 0 Å². The summed E-state index contributed by atoms with van der Waals surface area (Å²) in [5.74, 6) is 0. The summed E-state index contributed by atoms with van der Waals surface area (Å²) < 4.78 is 49.8. The number of halogens is 1. The molecule has 0 radical (unpaired) electrons. The number of hydrogen-bond acceptors (Lipinski definition) is 6. The third-order valence-corrected chi connectivity index (χ3v) is 6.55. The second-order valence-electron chi connectivity index (χ2n) is 5.37. The summed E-state index contributed by atoms with van der Waals surface area (Å²) >= 11 is 0. The zero-order valence-corrected chi connectivity index (χ0v) is 15.5. The van der Waals surface area contributed by atoms with Crippen LogP contribution in [-0.2, 0) is 19.9 Å². The molecule has 0 bridgehead atoms. The van der Waals surface area contributed by atoms with Crippen molar-refractivity contribution in [2.75, 3.05) is 25.9 Å². The van der Waals surface area contributed by atoms with Crippen molar-refractivity contribution in [2.45, 2.75) is 35.7 Å². The molecule has 23 heavy (non-hydrogen) atoms. The van der Waals surface area contributed by atoms with E-state index >= 15 is 0 Å². The molecule has 2 rings (SSSR count). The van der Waals surface area contributed by atoms with Crippen molar-refractivity contribution in [1.29, 1.82) is 0 Å². The molecule has 0 aromatic carbocycles. The van der Waals surface area contributed by atoms with Crippen molar-refractivity contribution >= 4 is 32.3 Å². The Labute approximate surface area is 143 Å². The van der Waals surface area contributed by atoms with Gasteiger partial charge in [-0.1, -0.05) is 13.3 Å². The minimum absolute atomic E-state index is 0. The van der Waals surface area contributed by atoms with E-state index in [-0.39, 0.29) is 28.4 Å². The fraction of sp³-hybridized carbons (Fsp3) is 0.615. The molecule has 7 nitrogen and oxygen atoms in total. The summed E-state index contributed by atoms with van der Waals surface area (Å²) in [6.45, 7) is 3.65. The number of aromatic nitrogens is 1. The first-order valence-electron chi connectivity index (χ1n) is 7.15. The van der Waals surface area contributed by atoms with Crippen molar-refractivity contribution in [3.63, 3.8) is 0 Å². The Bertz CT molecular complexity index is 718. The van der Waals surface area contributed by atoms with Crippen molar-refractivity contribution in [3.05, 3.63) is 18.3 Å². The highest BCUT2D eigenvalue weighted by Gasteiger charge is 2.33. The third kappa shape index (κ3) is 4.63. The molecule has 0 spiro atoms. The van der Waals surface area contributed by atoms with Crippen molar-refractivity contribution in [2.24, 2.45) is 0 Å². The third-order valence-electron chi connectivity index (χ3n) is 3.61. The summed E-state index contributed by atoms with van der Waals surface area (Å²) in [6.07, 6.45) is 3.83. The van der Waals surface area contributed by atoms with Gasteiger partial charge in [-0.25, -0.2) is 21.8 Å². The fourth-order valence-electron chi connectivity index (χ4n) is 2.51. The molecular weight excluding hydrogens is 362 g/mol. The molecule has 1 aromatic rings. The molecule has 1 N–H and O–H groups in total. The van der Waals surface area contributed by atoms with E-state index in [2.05, 4.69) is 10.3 Å². The van der Waals surface area contributed by atoms with E-state index < -0.39 is 19.9 Å². The molecule has 1 aromatic heterocycles. The summed E-state index contributed by atoms with van der Waals surface area (Å²) in [5.41, 5.74) is 0. The smallest absolute Gasteiger partial charge is 0.244 e. The van der Waals surface area contributed by atoms with Crippen LogP contribution < -0.4 is 5.32 Å². The van der Waals surface area contributed by atoms with E-state index in [9.17, 15) is 16.8 Å². The maximum atomic E-state index is 12.7. The Morgan fingerprint density at radius 3 is 2.52 bits per heavy atom. The Balaban J connectivity index is 0.00000264. The van der Waals surface area contributed by atoms with Gasteiger partial charge in [0.05, 0.1) is 0 Å². The largest absolute Gasteiger partial charge is 0.314 e.